The highest BCUT2D eigenvalue weighted by atomic mass is 32.2. The molecular formula is C20H20FN3O2S. The van der Waals surface area contributed by atoms with Gasteiger partial charge in [-0.2, -0.15) is 0 Å². The first kappa shape index (κ1) is 18.8. The van der Waals surface area contributed by atoms with Crippen molar-refractivity contribution in [2.24, 2.45) is 0 Å². The van der Waals surface area contributed by atoms with Crippen molar-refractivity contribution in [3.8, 4) is 0 Å². The Balaban J connectivity index is 1.65. The molecule has 27 heavy (non-hydrogen) atoms. The van der Waals surface area contributed by atoms with Gasteiger partial charge in [0.1, 0.15) is 11.6 Å². The molecule has 1 heterocycles. The first-order valence-electron chi connectivity index (χ1n) is 8.53. The highest BCUT2D eigenvalue weighted by Crippen LogP contribution is 2.18. The van der Waals surface area contributed by atoms with Crippen LogP contribution in [0.1, 0.15) is 18.1 Å². The maximum absolute atomic E-state index is 13.6. The zero-order chi connectivity index (χ0) is 19.3. The van der Waals surface area contributed by atoms with Crippen LogP contribution in [0.4, 0.5) is 15.9 Å². The molecule has 2 aromatic carbocycles. The largest absolute Gasteiger partial charge is 0.366 e. The second-order valence-electron chi connectivity index (χ2n) is 5.98. The van der Waals surface area contributed by atoms with Crippen LogP contribution in [0.3, 0.4) is 0 Å². The number of nitrogens with one attached hydrogen (secondary N) is 2. The van der Waals surface area contributed by atoms with Crippen LogP contribution >= 0.6 is 0 Å². The lowest BCUT2D eigenvalue weighted by molar-refractivity contribution is 0.601. The molecule has 0 unspecified atom stereocenters. The Labute approximate surface area is 158 Å². The van der Waals surface area contributed by atoms with Crippen molar-refractivity contribution < 1.29 is 12.8 Å². The Morgan fingerprint density at radius 3 is 2.37 bits per heavy atom. The van der Waals surface area contributed by atoms with Gasteiger partial charge in [0, 0.05) is 12.1 Å². The molecule has 2 N–H and O–H groups in total. The van der Waals surface area contributed by atoms with Gasteiger partial charge in [-0.25, -0.2) is 17.8 Å². The molecule has 0 bridgehead atoms. The number of aryl methyl sites for hydroxylation is 1. The molecule has 0 atom stereocenters. The Morgan fingerprint density at radius 2 is 1.74 bits per heavy atom. The average molecular weight is 385 g/mol. The van der Waals surface area contributed by atoms with Crippen molar-refractivity contribution in [1.82, 2.24) is 4.98 Å². The van der Waals surface area contributed by atoms with E-state index >= 15 is 0 Å². The molecule has 0 amide bonds. The second-order valence-corrected chi connectivity index (χ2v) is 7.66. The van der Waals surface area contributed by atoms with Crippen LogP contribution in [0.2, 0.25) is 0 Å². The third-order valence-corrected chi connectivity index (χ3v) is 5.47. The summed E-state index contributed by atoms with van der Waals surface area (Å²) in [5.41, 5.74) is 1.95. The minimum Gasteiger partial charge on any atom is -0.366 e. The number of pyridine rings is 1. The topological polar surface area (TPSA) is 71.1 Å². The van der Waals surface area contributed by atoms with E-state index in [1.54, 1.807) is 54.6 Å². The van der Waals surface area contributed by atoms with Crippen LogP contribution in [0.15, 0.2) is 71.8 Å². The second kappa shape index (κ2) is 8.18. The maximum Gasteiger partial charge on any atom is 0.261 e. The summed E-state index contributed by atoms with van der Waals surface area (Å²) in [6, 6.07) is 16.5. The Bertz CT molecular complexity index is 1000. The van der Waals surface area contributed by atoms with Gasteiger partial charge in [-0.1, -0.05) is 37.3 Å². The predicted octanol–water partition coefficient (Wildman–Crippen LogP) is 4.20. The Kier molecular flexibility index (Phi) is 5.71. The van der Waals surface area contributed by atoms with Crippen LogP contribution in [0.5, 0.6) is 0 Å². The fraction of sp³-hybridized carbons (Fsp3) is 0.150. The van der Waals surface area contributed by atoms with Crippen molar-refractivity contribution in [2.45, 2.75) is 24.8 Å². The van der Waals surface area contributed by atoms with Crippen LogP contribution in [-0.2, 0) is 23.0 Å². The predicted molar refractivity (Wildman–Crippen MR) is 105 cm³/mol. The number of halogens is 1. The maximum atomic E-state index is 13.6. The summed E-state index contributed by atoms with van der Waals surface area (Å²) < 4.78 is 41.0. The molecule has 1 aromatic heterocycles. The molecule has 140 valence electrons. The van der Waals surface area contributed by atoms with Crippen LogP contribution in [0.25, 0.3) is 0 Å². The Morgan fingerprint density at radius 1 is 1.00 bits per heavy atom. The number of aromatic nitrogens is 1. The van der Waals surface area contributed by atoms with E-state index in [9.17, 15) is 12.8 Å². The standard InChI is InChI=1S/C20H20FN3O2S/c1-2-15-7-10-18(11-8-15)27(25,26)24-17-9-12-20(23-14-17)22-13-16-5-3-4-6-19(16)21/h3-12,14,24H,2,13H2,1H3,(H,22,23). The van der Waals surface area contributed by atoms with E-state index in [1.807, 2.05) is 6.92 Å². The first-order chi connectivity index (χ1) is 13.0. The average Bonchev–Trinajstić information content (AvgIpc) is 2.68. The molecule has 0 aliphatic heterocycles. The number of nitrogens with zero attached hydrogens (tertiary/aromatic N) is 1. The zero-order valence-corrected chi connectivity index (χ0v) is 15.6. The zero-order valence-electron chi connectivity index (χ0n) is 14.8. The van der Waals surface area contributed by atoms with Crippen LogP contribution in [-0.4, -0.2) is 13.4 Å². The molecule has 5 nitrogen and oxygen atoms in total. The van der Waals surface area contributed by atoms with E-state index < -0.39 is 10.0 Å². The monoisotopic (exact) mass is 385 g/mol. The van der Waals surface area contributed by atoms with E-state index in [0.717, 1.165) is 12.0 Å². The van der Waals surface area contributed by atoms with E-state index in [-0.39, 0.29) is 17.3 Å². The van der Waals surface area contributed by atoms with Gasteiger partial charge in [-0.15, -0.1) is 0 Å². The van der Waals surface area contributed by atoms with Crippen molar-refractivity contribution in [2.75, 3.05) is 10.0 Å². The molecule has 0 aliphatic carbocycles. The fourth-order valence-electron chi connectivity index (χ4n) is 2.50. The summed E-state index contributed by atoms with van der Waals surface area (Å²) in [4.78, 5) is 4.36. The van der Waals surface area contributed by atoms with Gasteiger partial charge >= 0.3 is 0 Å². The number of sulfonamides is 1. The number of benzene rings is 2. The highest BCUT2D eigenvalue weighted by molar-refractivity contribution is 7.92. The summed E-state index contributed by atoms with van der Waals surface area (Å²) in [5, 5.41) is 3.01. The Hall–Kier alpha value is -2.93. The molecule has 0 aliphatic rings. The van der Waals surface area contributed by atoms with Gasteiger partial charge in [0.25, 0.3) is 10.0 Å². The van der Waals surface area contributed by atoms with Crippen molar-refractivity contribution >= 4 is 21.5 Å². The summed E-state index contributed by atoms with van der Waals surface area (Å²) >= 11 is 0. The lowest BCUT2D eigenvalue weighted by Crippen LogP contribution is -2.13. The first-order valence-corrected chi connectivity index (χ1v) is 10.0. The van der Waals surface area contributed by atoms with Gasteiger partial charge in [-0.05, 0) is 42.3 Å². The molecule has 0 radical (unpaired) electrons. The third kappa shape index (κ3) is 4.83. The van der Waals surface area contributed by atoms with Gasteiger partial charge in [0.05, 0.1) is 16.8 Å². The van der Waals surface area contributed by atoms with Gasteiger partial charge in [0.2, 0.25) is 0 Å². The third-order valence-electron chi connectivity index (χ3n) is 4.08. The summed E-state index contributed by atoms with van der Waals surface area (Å²) in [5.74, 6) is 0.233. The fourth-order valence-corrected chi connectivity index (χ4v) is 3.55. The van der Waals surface area contributed by atoms with Gasteiger partial charge < -0.3 is 5.32 Å². The minimum atomic E-state index is -3.67. The molecular weight excluding hydrogens is 365 g/mol. The molecule has 0 saturated heterocycles. The lowest BCUT2D eigenvalue weighted by atomic mass is 10.2. The SMILES string of the molecule is CCc1ccc(S(=O)(=O)Nc2ccc(NCc3ccccc3F)nc2)cc1. The van der Waals surface area contributed by atoms with Crippen molar-refractivity contribution in [3.05, 3.63) is 83.8 Å². The molecule has 3 aromatic rings. The van der Waals surface area contributed by atoms with Crippen molar-refractivity contribution in [3.63, 3.8) is 0 Å². The minimum absolute atomic E-state index is 0.196. The molecule has 7 heteroatoms. The summed E-state index contributed by atoms with van der Waals surface area (Å²) in [7, 11) is -3.67. The number of hydrogen-bond donors (Lipinski definition) is 2. The quantitative estimate of drug-likeness (QED) is 0.640. The van der Waals surface area contributed by atoms with E-state index in [4.69, 9.17) is 0 Å². The van der Waals surface area contributed by atoms with E-state index in [2.05, 4.69) is 15.0 Å². The smallest absolute Gasteiger partial charge is 0.261 e. The number of hydrogen-bond acceptors (Lipinski definition) is 4. The van der Waals surface area contributed by atoms with Gasteiger partial charge in [-0.3, -0.25) is 4.72 Å². The highest BCUT2D eigenvalue weighted by Gasteiger charge is 2.14. The lowest BCUT2D eigenvalue weighted by Gasteiger charge is -2.10. The molecule has 3 rings (SSSR count). The molecule has 0 spiro atoms. The van der Waals surface area contributed by atoms with Crippen molar-refractivity contribution in [1.29, 1.82) is 0 Å². The number of rotatable bonds is 7. The molecule has 0 saturated carbocycles. The van der Waals surface area contributed by atoms with Gasteiger partial charge in [0.15, 0.2) is 0 Å². The van der Waals surface area contributed by atoms with E-state index in [0.29, 0.717) is 17.1 Å². The van der Waals surface area contributed by atoms with Crippen LogP contribution in [0, 0.1) is 5.82 Å². The molecule has 0 fully saturated rings. The van der Waals surface area contributed by atoms with E-state index in [1.165, 1.54) is 12.3 Å². The number of anilines is 2. The van der Waals surface area contributed by atoms with Crippen LogP contribution < -0.4 is 10.0 Å². The summed E-state index contributed by atoms with van der Waals surface area (Å²) in [6.45, 7) is 2.30. The normalized spacial score (nSPS) is 11.2. The summed E-state index contributed by atoms with van der Waals surface area (Å²) in [6.07, 6.45) is 2.26.